The third kappa shape index (κ3) is 3.04. The fraction of sp³-hybridized carbons (Fsp3) is 0.364. The van der Waals surface area contributed by atoms with Crippen molar-refractivity contribution < 1.29 is 4.39 Å². The van der Waals surface area contributed by atoms with Gasteiger partial charge in [0.2, 0.25) is 0 Å². The Hall–Kier alpha value is -1.01. The summed E-state index contributed by atoms with van der Waals surface area (Å²) in [7, 11) is 0. The smallest absolute Gasteiger partial charge is 0.123 e. The largest absolute Gasteiger partial charge is 0.207 e. The van der Waals surface area contributed by atoms with E-state index in [9.17, 15) is 4.39 Å². The van der Waals surface area contributed by atoms with Gasteiger partial charge in [0.1, 0.15) is 5.82 Å². The van der Waals surface area contributed by atoms with Crippen LogP contribution in [0.25, 0.3) is 0 Å². The molecule has 0 saturated heterocycles. The Balaban J connectivity index is 2.69. The molecule has 1 rings (SSSR count). The van der Waals surface area contributed by atoms with Gasteiger partial charge in [0.25, 0.3) is 0 Å². The highest BCUT2D eigenvalue weighted by molar-refractivity contribution is 8.00. The fourth-order valence-electron chi connectivity index (χ4n) is 0.971. The molecule has 1 unspecified atom stereocenters. The van der Waals surface area contributed by atoms with Crippen LogP contribution in [-0.2, 0) is 0 Å². The molecule has 0 heterocycles. The molecule has 1 nitrogen and oxygen atoms in total. The molecule has 3 heteroatoms. The van der Waals surface area contributed by atoms with Gasteiger partial charge in [-0.25, -0.2) is 4.39 Å². The van der Waals surface area contributed by atoms with Crippen molar-refractivity contribution in [3.63, 3.8) is 0 Å². The summed E-state index contributed by atoms with van der Waals surface area (Å²) in [5.41, 5.74) is 0. The Labute approximate surface area is 87.9 Å². The number of hydrogen-bond donors (Lipinski definition) is 0. The summed E-state index contributed by atoms with van der Waals surface area (Å²) in [6.07, 6.45) is 0. The van der Waals surface area contributed by atoms with E-state index in [1.807, 2.05) is 13.8 Å². The van der Waals surface area contributed by atoms with Crippen LogP contribution in [0.3, 0.4) is 0 Å². The van der Waals surface area contributed by atoms with Gasteiger partial charge in [0.15, 0.2) is 0 Å². The summed E-state index contributed by atoms with van der Waals surface area (Å²) in [6.45, 7) is 4.01. The van der Waals surface area contributed by atoms with Crippen molar-refractivity contribution in [1.29, 1.82) is 5.26 Å². The standard InChI is InChI=1S/C11H12FNS/c1-8(2)11(7-13)14-10-5-3-9(12)4-6-10/h3-6,8,11H,1-2H3. The molecule has 0 aliphatic heterocycles. The molecule has 1 aromatic carbocycles. The molecular formula is C11H12FNS. The third-order valence-corrected chi connectivity index (χ3v) is 3.26. The Bertz CT molecular complexity index is 326. The highest BCUT2D eigenvalue weighted by atomic mass is 32.2. The summed E-state index contributed by atoms with van der Waals surface area (Å²) in [6, 6.07) is 8.46. The molecule has 0 bridgehead atoms. The molecule has 0 aromatic heterocycles. The van der Waals surface area contributed by atoms with Crippen LogP contribution < -0.4 is 0 Å². The van der Waals surface area contributed by atoms with Gasteiger partial charge >= 0.3 is 0 Å². The maximum absolute atomic E-state index is 12.6. The lowest BCUT2D eigenvalue weighted by Gasteiger charge is -2.11. The van der Waals surface area contributed by atoms with E-state index in [0.717, 1.165) is 4.90 Å². The summed E-state index contributed by atoms with van der Waals surface area (Å²) in [4.78, 5) is 0.937. The Morgan fingerprint density at radius 1 is 1.29 bits per heavy atom. The van der Waals surface area contributed by atoms with Gasteiger partial charge in [-0.3, -0.25) is 0 Å². The zero-order valence-corrected chi connectivity index (χ0v) is 9.01. The average Bonchev–Trinajstić information content (AvgIpc) is 2.16. The molecule has 0 saturated carbocycles. The number of nitriles is 1. The number of benzene rings is 1. The molecule has 0 N–H and O–H groups in total. The number of thioether (sulfide) groups is 1. The average molecular weight is 209 g/mol. The van der Waals surface area contributed by atoms with Crippen LogP contribution in [0.5, 0.6) is 0 Å². The molecule has 0 amide bonds. The first-order chi connectivity index (χ1) is 6.63. The van der Waals surface area contributed by atoms with Crippen LogP contribution >= 0.6 is 11.8 Å². The zero-order chi connectivity index (χ0) is 10.6. The van der Waals surface area contributed by atoms with Crippen LogP contribution in [0.2, 0.25) is 0 Å². The zero-order valence-electron chi connectivity index (χ0n) is 8.20. The van der Waals surface area contributed by atoms with Crippen LogP contribution in [0.15, 0.2) is 29.2 Å². The number of hydrogen-bond acceptors (Lipinski definition) is 2. The second-order valence-corrected chi connectivity index (χ2v) is 4.58. The molecule has 0 radical (unpaired) electrons. The maximum Gasteiger partial charge on any atom is 0.123 e. The highest BCUT2D eigenvalue weighted by Gasteiger charge is 2.13. The van der Waals surface area contributed by atoms with Crippen LogP contribution in [0, 0.1) is 23.1 Å². The van der Waals surface area contributed by atoms with Gasteiger partial charge < -0.3 is 0 Å². The SMILES string of the molecule is CC(C)C(C#N)Sc1ccc(F)cc1. The topological polar surface area (TPSA) is 23.8 Å². The monoisotopic (exact) mass is 209 g/mol. The van der Waals surface area contributed by atoms with Gasteiger partial charge in [-0.1, -0.05) is 13.8 Å². The van der Waals surface area contributed by atoms with Gasteiger partial charge in [-0.15, -0.1) is 11.8 Å². The van der Waals surface area contributed by atoms with E-state index >= 15 is 0 Å². The molecular weight excluding hydrogens is 197 g/mol. The van der Waals surface area contributed by atoms with Crippen LogP contribution in [-0.4, -0.2) is 5.25 Å². The molecule has 74 valence electrons. The van der Waals surface area contributed by atoms with Gasteiger partial charge in [0.05, 0.1) is 11.3 Å². The number of halogens is 1. The maximum atomic E-state index is 12.6. The Morgan fingerprint density at radius 2 is 1.86 bits per heavy atom. The molecule has 1 aromatic rings. The summed E-state index contributed by atoms with van der Waals surface area (Å²) >= 11 is 1.48. The Morgan fingerprint density at radius 3 is 2.29 bits per heavy atom. The lowest BCUT2D eigenvalue weighted by atomic mass is 10.1. The van der Waals surface area contributed by atoms with Crippen molar-refractivity contribution >= 4 is 11.8 Å². The third-order valence-electron chi connectivity index (χ3n) is 1.81. The van der Waals surface area contributed by atoms with Crippen molar-refractivity contribution in [2.24, 2.45) is 5.92 Å². The molecule has 0 aliphatic carbocycles. The van der Waals surface area contributed by atoms with Gasteiger partial charge in [-0.2, -0.15) is 5.26 Å². The van der Waals surface area contributed by atoms with E-state index in [0.29, 0.717) is 5.92 Å². The second kappa shape index (κ2) is 5.02. The number of nitrogens with zero attached hydrogens (tertiary/aromatic N) is 1. The minimum absolute atomic E-state index is 0.0690. The van der Waals surface area contributed by atoms with E-state index in [-0.39, 0.29) is 11.1 Å². The first-order valence-electron chi connectivity index (χ1n) is 4.45. The van der Waals surface area contributed by atoms with Crippen molar-refractivity contribution in [3.8, 4) is 6.07 Å². The molecule has 0 spiro atoms. The number of rotatable bonds is 3. The van der Waals surface area contributed by atoms with E-state index in [1.54, 1.807) is 12.1 Å². The van der Waals surface area contributed by atoms with Crippen molar-refractivity contribution in [2.75, 3.05) is 0 Å². The lowest BCUT2D eigenvalue weighted by molar-refractivity contribution is 0.626. The van der Waals surface area contributed by atoms with Crippen molar-refractivity contribution in [3.05, 3.63) is 30.1 Å². The highest BCUT2D eigenvalue weighted by Crippen LogP contribution is 2.27. The quantitative estimate of drug-likeness (QED) is 0.712. The normalized spacial score (nSPS) is 12.5. The van der Waals surface area contributed by atoms with Crippen LogP contribution in [0.4, 0.5) is 4.39 Å². The minimum atomic E-state index is -0.243. The second-order valence-electron chi connectivity index (χ2n) is 3.37. The summed E-state index contributed by atoms with van der Waals surface area (Å²) in [5, 5.41) is 8.80. The molecule has 14 heavy (non-hydrogen) atoms. The van der Waals surface area contributed by atoms with Gasteiger partial charge in [0, 0.05) is 4.90 Å². The first kappa shape index (κ1) is 11.1. The fourth-order valence-corrected chi connectivity index (χ4v) is 1.88. The van der Waals surface area contributed by atoms with E-state index < -0.39 is 0 Å². The van der Waals surface area contributed by atoms with E-state index in [4.69, 9.17) is 5.26 Å². The summed E-state index contributed by atoms with van der Waals surface area (Å²) < 4.78 is 12.6. The minimum Gasteiger partial charge on any atom is -0.207 e. The predicted octanol–water partition coefficient (Wildman–Crippen LogP) is 3.47. The molecule has 1 atom stereocenters. The van der Waals surface area contributed by atoms with Crippen LogP contribution in [0.1, 0.15) is 13.8 Å². The molecule has 0 fully saturated rings. The Kier molecular flexibility index (Phi) is 3.97. The van der Waals surface area contributed by atoms with Gasteiger partial charge in [-0.05, 0) is 30.2 Å². The first-order valence-corrected chi connectivity index (χ1v) is 5.33. The predicted molar refractivity (Wildman–Crippen MR) is 56.5 cm³/mol. The van der Waals surface area contributed by atoms with E-state index in [2.05, 4.69) is 6.07 Å². The van der Waals surface area contributed by atoms with Crippen molar-refractivity contribution in [1.82, 2.24) is 0 Å². The summed E-state index contributed by atoms with van der Waals surface area (Å²) in [5.74, 6) is 0.0578. The van der Waals surface area contributed by atoms with Crippen molar-refractivity contribution in [2.45, 2.75) is 24.0 Å². The lowest BCUT2D eigenvalue weighted by Crippen LogP contribution is -2.07. The van der Waals surface area contributed by atoms with E-state index in [1.165, 1.54) is 23.9 Å². The molecule has 0 aliphatic rings.